The highest BCUT2D eigenvalue weighted by atomic mass is 15.5. The number of hydrogen-bond donors (Lipinski definition) is 1. The molecule has 0 aromatic carbocycles. The average molecular weight is 209 g/mol. The first-order valence-corrected chi connectivity index (χ1v) is 5.51. The summed E-state index contributed by atoms with van der Waals surface area (Å²) in [5.74, 6) is 1.49. The second kappa shape index (κ2) is 3.81. The zero-order valence-corrected chi connectivity index (χ0v) is 9.64. The molecule has 1 aliphatic rings. The molecule has 2 N–H and O–H groups in total. The minimum atomic E-state index is -0.0192. The van der Waals surface area contributed by atoms with Crippen LogP contribution in [0.5, 0.6) is 0 Å². The lowest BCUT2D eigenvalue weighted by molar-refractivity contribution is 0.500. The van der Waals surface area contributed by atoms with E-state index in [-0.39, 0.29) is 6.04 Å². The van der Waals surface area contributed by atoms with E-state index in [4.69, 9.17) is 5.73 Å². The molecule has 1 aliphatic heterocycles. The summed E-state index contributed by atoms with van der Waals surface area (Å²) in [6.07, 6.45) is 1.13. The molecular formula is C10H19N5. The zero-order valence-electron chi connectivity index (χ0n) is 9.64. The van der Waals surface area contributed by atoms with Gasteiger partial charge in [-0.15, -0.1) is 5.10 Å². The molecule has 0 aliphatic carbocycles. The van der Waals surface area contributed by atoms with Crippen LogP contribution >= 0.6 is 0 Å². The second-order valence-corrected chi connectivity index (χ2v) is 4.57. The third kappa shape index (κ3) is 1.71. The number of fused-ring (bicyclic) bond motifs is 1. The van der Waals surface area contributed by atoms with Gasteiger partial charge in [0.15, 0.2) is 5.82 Å². The molecule has 0 fully saturated rings. The van der Waals surface area contributed by atoms with Crippen LogP contribution in [0.3, 0.4) is 0 Å². The van der Waals surface area contributed by atoms with Crippen LogP contribution in [-0.4, -0.2) is 28.6 Å². The Bertz CT molecular complexity index is 344. The fourth-order valence-electron chi connectivity index (χ4n) is 1.96. The molecule has 2 heterocycles. The zero-order chi connectivity index (χ0) is 11.0. The van der Waals surface area contributed by atoms with E-state index in [1.165, 1.54) is 0 Å². The van der Waals surface area contributed by atoms with Crippen LogP contribution in [0.2, 0.25) is 0 Å². The maximum Gasteiger partial charge on any atom is 0.152 e. The first-order valence-electron chi connectivity index (χ1n) is 5.51. The standard InChI is InChI=1S/C10H19N5/c1-7(2)8(11)9-10-14(3)5-4-6-15(10)13-12-9/h7-8H,4-6,11H2,1-3H3. The first kappa shape index (κ1) is 10.4. The number of aryl methyl sites for hydroxylation is 1. The Kier molecular flexibility index (Phi) is 2.65. The summed E-state index contributed by atoms with van der Waals surface area (Å²) in [4.78, 5) is 2.20. The third-order valence-corrected chi connectivity index (χ3v) is 2.99. The molecule has 1 aromatic heterocycles. The average Bonchev–Trinajstić information content (AvgIpc) is 2.61. The Morgan fingerprint density at radius 3 is 2.73 bits per heavy atom. The van der Waals surface area contributed by atoms with Gasteiger partial charge in [-0.1, -0.05) is 19.1 Å². The van der Waals surface area contributed by atoms with Crippen LogP contribution in [0.4, 0.5) is 5.82 Å². The van der Waals surface area contributed by atoms with Gasteiger partial charge in [-0.2, -0.15) is 0 Å². The van der Waals surface area contributed by atoms with Crippen molar-refractivity contribution in [2.75, 3.05) is 18.5 Å². The Morgan fingerprint density at radius 2 is 2.07 bits per heavy atom. The van der Waals surface area contributed by atoms with E-state index in [2.05, 4.69) is 36.1 Å². The van der Waals surface area contributed by atoms with Crippen LogP contribution in [0, 0.1) is 5.92 Å². The summed E-state index contributed by atoms with van der Waals surface area (Å²) < 4.78 is 1.96. The summed E-state index contributed by atoms with van der Waals surface area (Å²) in [5.41, 5.74) is 7.06. The maximum atomic E-state index is 6.13. The van der Waals surface area contributed by atoms with Crippen LogP contribution < -0.4 is 10.6 Å². The van der Waals surface area contributed by atoms with Gasteiger partial charge in [0, 0.05) is 20.1 Å². The van der Waals surface area contributed by atoms with Crippen molar-refractivity contribution in [3.8, 4) is 0 Å². The molecule has 15 heavy (non-hydrogen) atoms. The van der Waals surface area contributed by atoms with E-state index < -0.39 is 0 Å². The van der Waals surface area contributed by atoms with Gasteiger partial charge in [-0.25, -0.2) is 4.68 Å². The Hall–Kier alpha value is -1.10. The molecule has 0 saturated heterocycles. The molecular weight excluding hydrogens is 190 g/mol. The van der Waals surface area contributed by atoms with Gasteiger partial charge in [-0.3, -0.25) is 0 Å². The fraction of sp³-hybridized carbons (Fsp3) is 0.800. The van der Waals surface area contributed by atoms with Crippen molar-refractivity contribution in [3.05, 3.63) is 5.69 Å². The second-order valence-electron chi connectivity index (χ2n) is 4.57. The summed E-state index contributed by atoms with van der Waals surface area (Å²) in [6, 6.07) is -0.0192. The lowest BCUT2D eigenvalue weighted by Crippen LogP contribution is -2.30. The third-order valence-electron chi connectivity index (χ3n) is 2.99. The minimum Gasteiger partial charge on any atom is -0.358 e. The molecule has 0 radical (unpaired) electrons. The molecule has 84 valence electrons. The fourth-order valence-corrected chi connectivity index (χ4v) is 1.96. The van der Waals surface area contributed by atoms with Crippen LogP contribution in [0.1, 0.15) is 32.0 Å². The molecule has 5 nitrogen and oxygen atoms in total. The topological polar surface area (TPSA) is 60.0 Å². The van der Waals surface area contributed by atoms with Gasteiger partial charge >= 0.3 is 0 Å². The molecule has 0 amide bonds. The van der Waals surface area contributed by atoms with E-state index in [1.54, 1.807) is 0 Å². The monoisotopic (exact) mass is 209 g/mol. The van der Waals surface area contributed by atoms with Crippen molar-refractivity contribution in [3.63, 3.8) is 0 Å². The van der Waals surface area contributed by atoms with Crippen molar-refractivity contribution < 1.29 is 0 Å². The van der Waals surface area contributed by atoms with E-state index in [1.807, 2.05) is 4.68 Å². The SMILES string of the molecule is CC(C)C(N)c1nnn2c1N(C)CCC2. The molecule has 0 saturated carbocycles. The van der Waals surface area contributed by atoms with Crippen LogP contribution in [0.15, 0.2) is 0 Å². The Morgan fingerprint density at radius 1 is 1.33 bits per heavy atom. The van der Waals surface area contributed by atoms with Gasteiger partial charge in [0.2, 0.25) is 0 Å². The van der Waals surface area contributed by atoms with Gasteiger partial charge in [-0.05, 0) is 12.3 Å². The number of hydrogen-bond acceptors (Lipinski definition) is 4. The summed E-state index contributed by atoms with van der Waals surface area (Å²) in [6.45, 7) is 6.24. The van der Waals surface area contributed by atoms with E-state index in [0.29, 0.717) is 5.92 Å². The van der Waals surface area contributed by atoms with Crippen LogP contribution in [-0.2, 0) is 6.54 Å². The Balaban J connectivity index is 2.37. The smallest absolute Gasteiger partial charge is 0.152 e. The lowest BCUT2D eigenvalue weighted by Gasteiger charge is -2.27. The Labute approximate surface area is 90.2 Å². The van der Waals surface area contributed by atoms with Crippen LogP contribution in [0.25, 0.3) is 0 Å². The summed E-state index contributed by atoms with van der Waals surface area (Å²) in [7, 11) is 2.07. The largest absolute Gasteiger partial charge is 0.358 e. The number of nitrogens with two attached hydrogens (primary N) is 1. The predicted molar refractivity (Wildman–Crippen MR) is 59.7 cm³/mol. The van der Waals surface area contributed by atoms with Gasteiger partial charge in [0.25, 0.3) is 0 Å². The number of rotatable bonds is 2. The van der Waals surface area contributed by atoms with Crippen molar-refractivity contribution in [2.24, 2.45) is 11.7 Å². The highest BCUT2D eigenvalue weighted by Crippen LogP contribution is 2.28. The highest BCUT2D eigenvalue weighted by molar-refractivity contribution is 5.45. The minimum absolute atomic E-state index is 0.0192. The highest BCUT2D eigenvalue weighted by Gasteiger charge is 2.25. The van der Waals surface area contributed by atoms with Crippen molar-refractivity contribution in [2.45, 2.75) is 32.9 Å². The summed E-state index contributed by atoms with van der Waals surface area (Å²) in [5, 5.41) is 8.37. The quantitative estimate of drug-likeness (QED) is 0.781. The summed E-state index contributed by atoms with van der Waals surface area (Å²) >= 11 is 0. The van der Waals surface area contributed by atoms with Gasteiger partial charge in [0.1, 0.15) is 5.69 Å². The normalized spacial score (nSPS) is 18.1. The number of anilines is 1. The lowest BCUT2D eigenvalue weighted by atomic mass is 10.0. The maximum absolute atomic E-state index is 6.13. The molecule has 2 rings (SSSR count). The molecule has 0 spiro atoms. The molecule has 5 heteroatoms. The van der Waals surface area contributed by atoms with E-state index >= 15 is 0 Å². The van der Waals surface area contributed by atoms with E-state index in [0.717, 1.165) is 31.0 Å². The predicted octanol–water partition coefficient (Wildman–Crippen LogP) is 0.774. The first-order chi connectivity index (χ1) is 7.11. The molecule has 1 aromatic rings. The van der Waals surface area contributed by atoms with Crippen molar-refractivity contribution in [1.82, 2.24) is 15.0 Å². The molecule has 1 atom stereocenters. The van der Waals surface area contributed by atoms with Gasteiger partial charge < -0.3 is 10.6 Å². The van der Waals surface area contributed by atoms with Crippen molar-refractivity contribution >= 4 is 5.82 Å². The van der Waals surface area contributed by atoms with E-state index in [9.17, 15) is 0 Å². The molecule has 1 unspecified atom stereocenters. The van der Waals surface area contributed by atoms with Gasteiger partial charge in [0.05, 0.1) is 6.04 Å². The molecule has 0 bridgehead atoms. The number of aromatic nitrogens is 3. The van der Waals surface area contributed by atoms with Crippen molar-refractivity contribution in [1.29, 1.82) is 0 Å². The number of nitrogens with zero attached hydrogens (tertiary/aromatic N) is 4.